The van der Waals surface area contributed by atoms with Crippen molar-refractivity contribution in [3.05, 3.63) is 188 Å². The van der Waals surface area contributed by atoms with Crippen LogP contribution in [0.5, 0.6) is 11.5 Å². The minimum absolute atomic E-state index is 0.811. The first kappa shape index (κ1) is 30.0. The second kappa shape index (κ2) is 12.2. The molecule has 0 fully saturated rings. The third-order valence-corrected chi connectivity index (χ3v) is 10.2. The minimum Gasteiger partial charge on any atom is -0.457 e. The first-order chi connectivity index (χ1) is 25.7. The first-order valence-electron chi connectivity index (χ1n) is 17.7. The van der Waals surface area contributed by atoms with Gasteiger partial charge in [0.25, 0.3) is 0 Å². The van der Waals surface area contributed by atoms with Crippen molar-refractivity contribution < 1.29 is 9.15 Å². The van der Waals surface area contributed by atoms with Gasteiger partial charge in [-0.2, -0.15) is 0 Å². The number of fused-ring (bicyclic) bond motifs is 6. The molecule has 0 spiro atoms. The standard InChI is InChI=1S/C49H33NO2/c1-32-11-5-6-14-39(32)43-27-23-36(31-48(43)51-38-12-3-2-4-13-38)34-21-26-41-40-15-7-9-17-45(40)50(46(41)29-34)37-24-19-33(20-25-37)35-22-28-44-42-16-8-10-18-47(42)52-49(44)30-35/h2-31H,1H3. The van der Waals surface area contributed by atoms with Gasteiger partial charge < -0.3 is 13.7 Å². The summed E-state index contributed by atoms with van der Waals surface area (Å²) >= 11 is 0. The zero-order chi connectivity index (χ0) is 34.6. The molecule has 0 atom stereocenters. The van der Waals surface area contributed by atoms with Crippen LogP contribution >= 0.6 is 0 Å². The molecule has 0 saturated carbocycles. The van der Waals surface area contributed by atoms with Gasteiger partial charge in [0.2, 0.25) is 0 Å². The average molecular weight is 668 g/mol. The van der Waals surface area contributed by atoms with E-state index in [1.54, 1.807) is 0 Å². The Balaban J connectivity index is 1.08. The van der Waals surface area contributed by atoms with Gasteiger partial charge in [-0.25, -0.2) is 0 Å². The zero-order valence-corrected chi connectivity index (χ0v) is 28.6. The van der Waals surface area contributed by atoms with Crippen LogP contribution in [0, 0.1) is 6.92 Å². The Morgan fingerprint density at radius 2 is 1.04 bits per heavy atom. The Kier molecular flexibility index (Phi) is 7.04. The maximum atomic E-state index is 6.59. The monoisotopic (exact) mass is 667 g/mol. The van der Waals surface area contributed by atoms with E-state index in [0.29, 0.717) is 0 Å². The van der Waals surface area contributed by atoms with Crippen molar-refractivity contribution in [2.75, 3.05) is 0 Å². The highest BCUT2D eigenvalue weighted by Gasteiger charge is 2.16. The Morgan fingerprint density at radius 1 is 0.423 bits per heavy atom. The molecule has 0 N–H and O–H groups in total. The number of ether oxygens (including phenoxy) is 1. The summed E-state index contributed by atoms with van der Waals surface area (Å²) in [6.07, 6.45) is 0. The van der Waals surface area contributed by atoms with Gasteiger partial charge >= 0.3 is 0 Å². The SMILES string of the molecule is Cc1ccccc1-c1ccc(-c2ccc3c4ccccc4n(-c4ccc(-c5ccc6c(c5)oc5ccccc56)cc4)c3c2)cc1Oc1ccccc1. The quantitative estimate of drug-likeness (QED) is 0.176. The lowest BCUT2D eigenvalue weighted by Gasteiger charge is -2.15. The summed E-state index contributed by atoms with van der Waals surface area (Å²) in [6.45, 7) is 2.15. The van der Waals surface area contributed by atoms with Crippen molar-refractivity contribution in [1.82, 2.24) is 4.57 Å². The number of hydrogen-bond acceptors (Lipinski definition) is 2. The molecule has 8 aromatic carbocycles. The van der Waals surface area contributed by atoms with Crippen LogP contribution in [0.3, 0.4) is 0 Å². The third kappa shape index (κ3) is 5.06. The summed E-state index contributed by atoms with van der Waals surface area (Å²) in [5.74, 6) is 1.64. The predicted molar refractivity (Wildman–Crippen MR) is 216 cm³/mol. The Morgan fingerprint density at radius 3 is 1.88 bits per heavy atom. The largest absolute Gasteiger partial charge is 0.457 e. The molecule has 3 nitrogen and oxygen atoms in total. The topological polar surface area (TPSA) is 27.3 Å². The van der Waals surface area contributed by atoms with Crippen molar-refractivity contribution in [2.45, 2.75) is 6.92 Å². The van der Waals surface area contributed by atoms with E-state index in [1.807, 2.05) is 42.5 Å². The van der Waals surface area contributed by atoms with Gasteiger partial charge in [-0.1, -0.05) is 121 Å². The molecule has 0 bridgehead atoms. The number of benzene rings is 8. The van der Waals surface area contributed by atoms with Crippen molar-refractivity contribution >= 4 is 43.7 Å². The molecule has 2 heterocycles. The molecule has 2 aromatic heterocycles. The van der Waals surface area contributed by atoms with Crippen LogP contribution in [-0.4, -0.2) is 4.57 Å². The highest BCUT2D eigenvalue weighted by molar-refractivity contribution is 6.10. The van der Waals surface area contributed by atoms with Gasteiger partial charge in [0.1, 0.15) is 22.7 Å². The predicted octanol–water partition coefficient (Wildman–Crippen LogP) is 13.8. The van der Waals surface area contributed by atoms with Crippen LogP contribution in [0.15, 0.2) is 186 Å². The van der Waals surface area contributed by atoms with E-state index in [0.717, 1.165) is 78.0 Å². The number of rotatable bonds is 6. The van der Waals surface area contributed by atoms with Crippen molar-refractivity contribution in [1.29, 1.82) is 0 Å². The second-order valence-corrected chi connectivity index (χ2v) is 13.4. The molecule has 0 unspecified atom stereocenters. The summed E-state index contributed by atoms with van der Waals surface area (Å²) in [5.41, 5.74) is 13.2. The first-order valence-corrected chi connectivity index (χ1v) is 17.7. The minimum atomic E-state index is 0.811. The summed E-state index contributed by atoms with van der Waals surface area (Å²) in [6, 6.07) is 64.1. The van der Waals surface area contributed by atoms with E-state index in [1.165, 1.54) is 21.9 Å². The fraction of sp³-hybridized carbons (Fsp3) is 0.0204. The van der Waals surface area contributed by atoms with Crippen LogP contribution < -0.4 is 4.74 Å². The summed E-state index contributed by atoms with van der Waals surface area (Å²) in [5, 5.41) is 4.73. The lowest BCUT2D eigenvalue weighted by molar-refractivity contribution is 0.484. The molecule has 246 valence electrons. The molecule has 10 rings (SSSR count). The number of aryl methyl sites for hydroxylation is 1. The lowest BCUT2D eigenvalue weighted by Crippen LogP contribution is -1.94. The summed E-state index contributed by atoms with van der Waals surface area (Å²) < 4.78 is 15.2. The molecule has 10 aromatic rings. The van der Waals surface area contributed by atoms with Crippen LogP contribution in [0.4, 0.5) is 0 Å². The Hall–Kier alpha value is -6.84. The van der Waals surface area contributed by atoms with Crippen LogP contribution in [0.2, 0.25) is 0 Å². The van der Waals surface area contributed by atoms with E-state index in [4.69, 9.17) is 9.15 Å². The molecular formula is C49H33NO2. The molecule has 0 saturated heterocycles. The van der Waals surface area contributed by atoms with Gasteiger partial charge in [0.05, 0.1) is 11.0 Å². The number of hydrogen-bond donors (Lipinski definition) is 0. The highest BCUT2D eigenvalue weighted by Crippen LogP contribution is 2.41. The Bertz CT molecular complexity index is 2930. The van der Waals surface area contributed by atoms with Crippen LogP contribution in [0.25, 0.3) is 82.8 Å². The van der Waals surface area contributed by atoms with Gasteiger partial charge in [-0.15, -0.1) is 0 Å². The number of para-hydroxylation sites is 3. The smallest absolute Gasteiger partial charge is 0.136 e. The summed E-state index contributed by atoms with van der Waals surface area (Å²) in [4.78, 5) is 0. The molecule has 52 heavy (non-hydrogen) atoms. The molecular weight excluding hydrogens is 635 g/mol. The van der Waals surface area contributed by atoms with Gasteiger partial charge in [-0.3, -0.25) is 0 Å². The number of aromatic nitrogens is 1. The maximum Gasteiger partial charge on any atom is 0.136 e. The van der Waals surface area contributed by atoms with E-state index in [2.05, 4.69) is 151 Å². The van der Waals surface area contributed by atoms with Gasteiger partial charge in [0.15, 0.2) is 0 Å². The molecule has 0 aliphatic heterocycles. The van der Waals surface area contributed by atoms with Gasteiger partial charge in [-0.05, 0) is 101 Å². The van der Waals surface area contributed by atoms with E-state index in [9.17, 15) is 0 Å². The number of furan rings is 1. The molecule has 0 aliphatic rings. The van der Waals surface area contributed by atoms with Crippen molar-refractivity contribution in [3.63, 3.8) is 0 Å². The van der Waals surface area contributed by atoms with Crippen molar-refractivity contribution in [3.8, 4) is 50.6 Å². The van der Waals surface area contributed by atoms with Crippen LogP contribution in [-0.2, 0) is 0 Å². The zero-order valence-electron chi connectivity index (χ0n) is 28.6. The number of nitrogens with zero attached hydrogens (tertiary/aromatic N) is 1. The van der Waals surface area contributed by atoms with Gasteiger partial charge in [0, 0.05) is 32.8 Å². The maximum absolute atomic E-state index is 6.59. The van der Waals surface area contributed by atoms with Crippen LogP contribution in [0.1, 0.15) is 5.56 Å². The van der Waals surface area contributed by atoms with Crippen molar-refractivity contribution in [2.24, 2.45) is 0 Å². The normalized spacial score (nSPS) is 11.6. The second-order valence-electron chi connectivity index (χ2n) is 13.4. The lowest BCUT2D eigenvalue weighted by atomic mass is 9.96. The Labute approximate surface area is 301 Å². The molecule has 0 aliphatic carbocycles. The highest BCUT2D eigenvalue weighted by atomic mass is 16.5. The molecule has 0 radical (unpaired) electrons. The van der Waals surface area contributed by atoms with E-state index < -0.39 is 0 Å². The average Bonchev–Trinajstić information content (AvgIpc) is 3.74. The van der Waals surface area contributed by atoms with E-state index in [-0.39, 0.29) is 0 Å². The molecule has 0 amide bonds. The molecule has 3 heteroatoms. The fourth-order valence-electron chi connectivity index (χ4n) is 7.64. The fourth-order valence-corrected chi connectivity index (χ4v) is 7.64. The third-order valence-electron chi connectivity index (χ3n) is 10.2. The van der Waals surface area contributed by atoms with E-state index >= 15 is 0 Å². The summed E-state index contributed by atoms with van der Waals surface area (Å²) in [7, 11) is 0.